The smallest absolute Gasteiger partial charge is 0.233 e. The molecule has 3 atom stereocenters. The van der Waals surface area contributed by atoms with Gasteiger partial charge in [-0.25, -0.2) is 0 Å². The van der Waals surface area contributed by atoms with E-state index >= 15 is 0 Å². The van der Waals surface area contributed by atoms with Gasteiger partial charge in [-0.15, -0.1) is 0 Å². The number of nitrogens with zero attached hydrogens (tertiary/aromatic N) is 1. The zero-order valence-corrected chi connectivity index (χ0v) is 8.78. The summed E-state index contributed by atoms with van der Waals surface area (Å²) in [5.41, 5.74) is 5.47. The highest BCUT2D eigenvalue weighted by Gasteiger charge is 2.72. The lowest BCUT2D eigenvalue weighted by Gasteiger charge is -2.21. The van der Waals surface area contributed by atoms with E-state index in [4.69, 9.17) is 5.73 Å². The van der Waals surface area contributed by atoms with E-state index in [0.717, 1.165) is 0 Å². The number of amides is 2. The number of hydrogen-bond donors (Lipinski definition) is 1. The van der Waals surface area contributed by atoms with Gasteiger partial charge in [0.2, 0.25) is 11.8 Å². The number of imide groups is 1. The molecule has 0 aromatic carbocycles. The molecular formula is C10H16N2O2. The summed E-state index contributed by atoms with van der Waals surface area (Å²) in [7, 11) is 0. The first-order chi connectivity index (χ1) is 6.37. The van der Waals surface area contributed by atoms with Crippen LogP contribution in [0.25, 0.3) is 0 Å². The van der Waals surface area contributed by atoms with Crippen molar-refractivity contribution in [2.75, 3.05) is 6.54 Å². The summed E-state index contributed by atoms with van der Waals surface area (Å²) in [4.78, 5) is 24.8. The minimum Gasteiger partial charge on any atom is -0.326 e. The van der Waals surface area contributed by atoms with Crippen molar-refractivity contribution in [1.82, 2.24) is 4.90 Å². The van der Waals surface area contributed by atoms with E-state index < -0.39 is 0 Å². The quantitative estimate of drug-likeness (QED) is 0.631. The number of rotatable bonds is 2. The van der Waals surface area contributed by atoms with Crippen LogP contribution in [-0.2, 0) is 9.59 Å². The van der Waals surface area contributed by atoms with Gasteiger partial charge < -0.3 is 5.73 Å². The van der Waals surface area contributed by atoms with Gasteiger partial charge in [-0.3, -0.25) is 14.5 Å². The van der Waals surface area contributed by atoms with Crippen molar-refractivity contribution in [2.24, 2.45) is 23.0 Å². The summed E-state index contributed by atoms with van der Waals surface area (Å²) in [5.74, 6) is -0.202. The zero-order valence-electron chi connectivity index (χ0n) is 8.78. The second kappa shape index (κ2) is 2.57. The van der Waals surface area contributed by atoms with E-state index in [9.17, 15) is 9.59 Å². The Morgan fingerprint density at radius 1 is 1.36 bits per heavy atom. The SMILES string of the molecule is C[C@@H](N)CN1C(=O)C2C(C1=O)C2(C)C. The molecule has 78 valence electrons. The molecule has 0 spiro atoms. The number of likely N-dealkylation sites (tertiary alicyclic amines) is 1. The maximum Gasteiger partial charge on any atom is 0.233 e. The molecule has 14 heavy (non-hydrogen) atoms. The Balaban J connectivity index is 2.14. The van der Waals surface area contributed by atoms with Crippen LogP contribution in [0.1, 0.15) is 20.8 Å². The fourth-order valence-corrected chi connectivity index (χ4v) is 2.47. The molecule has 2 N–H and O–H groups in total. The van der Waals surface area contributed by atoms with Crippen molar-refractivity contribution in [3.8, 4) is 0 Å². The molecule has 4 heteroatoms. The standard InChI is InChI=1S/C10H16N2O2/c1-5(11)4-12-8(13)6-7(9(12)14)10(6,2)3/h5-7H,4,11H2,1-3H3/t5-,6?,7?/m1/s1. The normalized spacial score (nSPS) is 35.9. The molecule has 2 aliphatic rings. The average Bonchev–Trinajstić information content (AvgIpc) is 2.51. The minimum absolute atomic E-state index is 0.0256. The summed E-state index contributed by atoms with van der Waals surface area (Å²) < 4.78 is 0. The third-order valence-corrected chi connectivity index (χ3v) is 3.36. The fraction of sp³-hybridized carbons (Fsp3) is 0.800. The second-order valence-corrected chi connectivity index (χ2v) is 5.04. The summed E-state index contributed by atoms with van der Waals surface area (Å²) in [6.45, 7) is 6.11. The third-order valence-electron chi connectivity index (χ3n) is 3.36. The zero-order chi connectivity index (χ0) is 10.7. The number of fused-ring (bicyclic) bond motifs is 1. The van der Waals surface area contributed by atoms with Gasteiger partial charge in [-0.05, 0) is 12.3 Å². The summed E-state index contributed by atoms with van der Waals surface area (Å²) in [6.07, 6.45) is 0. The van der Waals surface area contributed by atoms with Crippen LogP contribution >= 0.6 is 0 Å². The van der Waals surface area contributed by atoms with E-state index in [2.05, 4.69) is 0 Å². The van der Waals surface area contributed by atoms with Gasteiger partial charge in [0.1, 0.15) is 0 Å². The largest absolute Gasteiger partial charge is 0.326 e. The predicted octanol–water partition coefficient (Wildman–Crippen LogP) is -0.0254. The minimum atomic E-state index is -0.136. The second-order valence-electron chi connectivity index (χ2n) is 5.04. The molecule has 1 saturated carbocycles. The predicted molar refractivity (Wildman–Crippen MR) is 51.1 cm³/mol. The van der Waals surface area contributed by atoms with Crippen LogP contribution in [0.3, 0.4) is 0 Å². The highest BCUT2D eigenvalue weighted by molar-refractivity contribution is 6.10. The van der Waals surface area contributed by atoms with Crippen molar-refractivity contribution in [1.29, 1.82) is 0 Å². The van der Waals surface area contributed by atoms with E-state index in [1.807, 2.05) is 13.8 Å². The molecule has 1 aliphatic heterocycles. The summed E-state index contributed by atoms with van der Waals surface area (Å²) in [5, 5.41) is 0. The third kappa shape index (κ3) is 1.03. The summed E-state index contributed by atoms with van der Waals surface area (Å²) in [6, 6.07) is -0.136. The Morgan fingerprint density at radius 3 is 2.14 bits per heavy atom. The molecule has 2 amide bonds. The van der Waals surface area contributed by atoms with Crippen LogP contribution in [0, 0.1) is 17.3 Å². The number of piperidine rings is 1. The molecule has 0 aromatic rings. The van der Waals surface area contributed by atoms with Crippen molar-refractivity contribution in [3.63, 3.8) is 0 Å². The van der Waals surface area contributed by atoms with Crippen LogP contribution in [0.5, 0.6) is 0 Å². The Labute approximate surface area is 83.4 Å². The van der Waals surface area contributed by atoms with Gasteiger partial charge in [0.15, 0.2) is 0 Å². The molecule has 4 nitrogen and oxygen atoms in total. The van der Waals surface area contributed by atoms with Gasteiger partial charge in [0.25, 0.3) is 0 Å². The van der Waals surface area contributed by atoms with Crippen LogP contribution in [-0.4, -0.2) is 29.3 Å². The van der Waals surface area contributed by atoms with Crippen LogP contribution in [0.4, 0.5) is 0 Å². The Bertz CT molecular complexity index is 285. The van der Waals surface area contributed by atoms with E-state index in [-0.39, 0.29) is 35.1 Å². The number of nitrogens with two attached hydrogens (primary N) is 1. The molecule has 1 heterocycles. The first-order valence-electron chi connectivity index (χ1n) is 4.98. The van der Waals surface area contributed by atoms with Crippen LogP contribution in [0.2, 0.25) is 0 Å². The molecule has 0 aromatic heterocycles. The van der Waals surface area contributed by atoms with Gasteiger partial charge in [0, 0.05) is 12.6 Å². The van der Waals surface area contributed by atoms with Crippen molar-refractivity contribution in [2.45, 2.75) is 26.8 Å². The molecule has 1 saturated heterocycles. The Kier molecular flexibility index (Phi) is 1.77. The van der Waals surface area contributed by atoms with E-state index in [1.165, 1.54) is 4.90 Å². The lowest BCUT2D eigenvalue weighted by Crippen LogP contribution is -2.42. The highest BCUT2D eigenvalue weighted by atomic mass is 16.2. The average molecular weight is 196 g/mol. The number of carbonyl (C=O) groups excluding carboxylic acids is 2. The molecule has 2 fully saturated rings. The molecule has 2 rings (SSSR count). The highest BCUT2D eigenvalue weighted by Crippen LogP contribution is 2.63. The molecular weight excluding hydrogens is 180 g/mol. The van der Waals surface area contributed by atoms with Gasteiger partial charge >= 0.3 is 0 Å². The summed E-state index contributed by atoms with van der Waals surface area (Å²) >= 11 is 0. The maximum absolute atomic E-state index is 11.8. The molecule has 2 unspecified atom stereocenters. The van der Waals surface area contributed by atoms with Gasteiger partial charge in [-0.1, -0.05) is 13.8 Å². The molecule has 0 radical (unpaired) electrons. The monoisotopic (exact) mass is 196 g/mol. The van der Waals surface area contributed by atoms with E-state index in [0.29, 0.717) is 6.54 Å². The molecule has 0 bridgehead atoms. The lowest BCUT2D eigenvalue weighted by atomic mass is 10.1. The lowest BCUT2D eigenvalue weighted by molar-refractivity contribution is -0.143. The fourth-order valence-electron chi connectivity index (χ4n) is 2.47. The molecule has 1 aliphatic carbocycles. The van der Waals surface area contributed by atoms with Crippen LogP contribution in [0.15, 0.2) is 0 Å². The first kappa shape index (κ1) is 9.65. The Morgan fingerprint density at radius 2 is 1.79 bits per heavy atom. The van der Waals surface area contributed by atoms with Crippen molar-refractivity contribution in [3.05, 3.63) is 0 Å². The van der Waals surface area contributed by atoms with E-state index in [1.54, 1.807) is 6.92 Å². The Hall–Kier alpha value is -0.900. The van der Waals surface area contributed by atoms with Crippen molar-refractivity contribution >= 4 is 11.8 Å². The van der Waals surface area contributed by atoms with Crippen molar-refractivity contribution < 1.29 is 9.59 Å². The number of hydrogen-bond acceptors (Lipinski definition) is 3. The van der Waals surface area contributed by atoms with Gasteiger partial charge in [0.05, 0.1) is 11.8 Å². The van der Waals surface area contributed by atoms with Gasteiger partial charge in [-0.2, -0.15) is 0 Å². The van der Waals surface area contributed by atoms with Crippen LogP contribution < -0.4 is 5.73 Å². The first-order valence-corrected chi connectivity index (χ1v) is 4.98. The number of carbonyl (C=O) groups is 2. The maximum atomic E-state index is 11.8. The topological polar surface area (TPSA) is 63.4 Å².